The van der Waals surface area contributed by atoms with E-state index in [9.17, 15) is 9.59 Å². The second-order valence-corrected chi connectivity index (χ2v) is 6.18. The van der Waals surface area contributed by atoms with Gasteiger partial charge >= 0.3 is 6.09 Å². The number of nitrogens with zero attached hydrogens (tertiary/aromatic N) is 3. The molecular formula is C17H27N5O3. The highest BCUT2D eigenvalue weighted by atomic mass is 16.6. The third kappa shape index (κ3) is 5.58. The Labute approximate surface area is 148 Å². The zero-order valence-electron chi connectivity index (χ0n) is 15.1. The second-order valence-electron chi connectivity index (χ2n) is 6.18. The third-order valence-corrected chi connectivity index (χ3v) is 4.26. The van der Waals surface area contributed by atoms with E-state index in [2.05, 4.69) is 20.6 Å². The Morgan fingerprint density at radius 3 is 2.68 bits per heavy atom. The van der Waals surface area contributed by atoms with Gasteiger partial charge in [0.25, 0.3) is 5.91 Å². The Bertz CT molecular complexity index is 587. The molecule has 1 aromatic heterocycles. The molecule has 2 amide bonds. The maximum Gasteiger partial charge on any atom is 0.409 e. The average molecular weight is 349 g/mol. The van der Waals surface area contributed by atoms with Crippen LogP contribution in [-0.4, -0.2) is 58.6 Å². The molecule has 8 nitrogen and oxygen atoms in total. The van der Waals surface area contributed by atoms with Gasteiger partial charge in [0.15, 0.2) is 0 Å². The molecule has 1 aliphatic heterocycles. The number of ether oxygens (including phenoxy) is 1. The molecule has 1 saturated heterocycles. The van der Waals surface area contributed by atoms with E-state index in [1.807, 2.05) is 13.8 Å². The first-order valence-corrected chi connectivity index (χ1v) is 8.84. The van der Waals surface area contributed by atoms with Crippen LogP contribution in [0.5, 0.6) is 0 Å². The van der Waals surface area contributed by atoms with Crippen molar-refractivity contribution >= 4 is 17.8 Å². The molecule has 0 aromatic carbocycles. The number of amides is 2. The highest BCUT2D eigenvalue weighted by molar-refractivity contribution is 5.93. The Morgan fingerprint density at radius 1 is 1.32 bits per heavy atom. The molecule has 1 unspecified atom stereocenters. The molecule has 8 heteroatoms. The van der Waals surface area contributed by atoms with Crippen molar-refractivity contribution in [1.29, 1.82) is 0 Å². The number of hydrogen-bond donors (Lipinski definition) is 2. The van der Waals surface area contributed by atoms with E-state index in [1.165, 1.54) is 6.33 Å². The van der Waals surface area contributed by atoms with E-state index in [0.717, 1.165) is 19.3 Å². The fourth-order valence-corrected chi connectivity index (χ4v) is 2.59. The number of aromatic nitrogens is 2. The zero-order valence-corrected chi connectivity index (χ0v) is 15.1. The van der Waals surface area contributed by atoms with Crippen molar-refractivity contribution in [2.45, 2.75) is 52.1 Å². The van der Waals surface area contributed by atoms with Crippen LogP contribution in [0.15, 0.2) is 12.4 Å². The first kappa shape index (κ1) is 19.0. The van der Waals surface area contributed by atoms with Gasteiger partial charge in [-0.2, -0.15) is 0 Å². The molecule has 0 aliphatic carbocycles. The summed E-state index contributed by atoms with van der Waals surface area (Å²) in [4.78, 5) is 33.8. The van der Waals surface area contributed by atoms with Crippen molar-refractivity contribution in [2.24, 2.45) is 0 Å². The van der Waals surface area contributed by atoms with Crippen molar-refractivity contribution in [3.05, 3.63) is 18.1 Å². The number of carbonyl (C=O) groups excluding carboxylic acids is 2. The van der Waals surface area contributed by atoms with Crippen molar-refractivity contribution in [2.75, 3.05) is 25.0 Å². The molecule has 0 radical (unpaired) electrons. The molecule has 0 saturated carbocycles. The van der Waals surface area contributed by atoms with Gasteiger partial charge in [0.1, 0.15) is 17.8 Å². The highest BCUT2D eigenvalue weighted by Crippen LogP contribution is 2.16. The molecule has 1 aliphatic rings. The van der Waals surface area contributed by atoms with Gasteiger partial charge in [0.05, 0.1) is 6.61 Å². The summed E-state index contributed by atoms with van der Waals surface area (Å²) >= 11 is 0. The van der Waals surface area contributed by atoms with Crippen LogP contribution in [0.4, 0.5) is 10.6 Å². The normalized spacial score (nSPS) is 16.2. The van der Waals surface area contributed by atoms with Gasteiger partial charge in [0, 0.05) is 31.2 Å². The first-order valence-electron chi connectivity index (χ1n) is 8.84. The maximum atomic E-state index is 12.2. The topological polar surface area (TPSA) is 96.5 Å². The fraction of sp³-hybridized carbons (Fsp3) is 0.647. The zero-order chi connectivity index (χ0) is 18.2. The molecule has 0 bridgehead atoms. The summed E-state index contributed by atoms with van der Waals surface area (Å²) in [5.41, 5.74) is 0.349. The van der Waals surface area contributed by atoms with Crippen LogP contribution in [0.1, 0.15) is 50.5 Å². The summed E-state index contributed by atoms with van der Waals surface area (Å²) in [5, 5.41) is 6.22. The van der Waals surface area contributed by atoms with E-state index in [-0.39, 0.29) is 24.1 Å². The lowest BCUT2D eigenvalue weighted by Crippen LogP contribution is -2.42. The molecule has 2 heterocycles. The largest absolute Gasteiger partial charge is 0.450 e. The number of likely N-dealkylation sites (tertiary alicyclic amines) is 1. The van der Waals surface area contributed by atoms with Crippen LogP contribution in [0.3, 0.4) is 0 Å². The minimum Gasteiger partial charge on any atom is -0.450 e. The van der Waals surface area contributed by atoms with Crippen LogP contribution in [0.25, 0.3) is 0 Å². The minimum atomic E-state index is -0.257. The molecule has 138 valence electrons. The first-order chi connectivity index (χ1) is 12.0. The minimum absolute atomic E-state index is 0.103. The Kier molecular flexibility index (Phi) is 6.97. The Hall–Kier alpha value is -2.38. The summed E-state index contributed by atoms with van der Waals surface area (Å²) in [6.45, 7) is 7.44. The Morgan fingerprint density at radius 2 is 2.04 bits per heavy atom. The fourth-order valence-electron chi connectivity index (χ4n) is 2.59. The summed E-state index contributed by atoms with van der Waals surface area (Å²) < 4.78 is 5.02. The van der Waals surface area contributed by atoms with E-state index >= 15 is 0 Å². The second kappa shape index (κ2) is 9.19. The number of piperidine rings is 1. The monoisotopic (exact) mass is 349 g/mol. The predicted octanol–water partition coefficient (Wildman–Crippen LogP) is 2.04. The number of rotatable bonds is 6. The number of carbonyl (C=O) groups is 2. The number of nitrogens with one attached hydrogen (secondary N) is 2. The van der Waals surface area contributed by atoms with Crippen LogP contribution in [0.2, 0.25) is 0 Å². The molecule has 1 fully saturated rings. The van der Waals surface area contributed by atoms with Crippen LogP contribution >= 0.6 is 0 Å². The van der Waals surface area contributed by atoms with Gasteiger partial charge in [-0.25, -0.2) is 14.8 Å². The van der Waals surface area contributed by atoms with Crippen LogP contribution in [0, 0.1) is 0 Å². The number of hydrogen-bond acceptors (Lipinski definition) is 6. The van der Waals surface area contributed by atoms with Gasteiger partial charge in [-0.3, -0.25) is 4.79 Å². The highest BCUT2D eigenvalue weighted by Gasteiger charge is 2.24. The summed E-state index contributed by atoms with van der Waals surface area (Å²) in [6.07, 6.45) is 3.60. The number of anilines is 1. The molecule has 25 heavy (non-hydrogen) atoms. The van der Waals surface area contributed by atoms with Gasteiger partial charge < -0.3 is 20.3 Å². The molecule has 2 rings (SSSR count). The molecular weight excluding hydrogens is 322 g/mol. The van der Waals surface area contributed by atoms with Crippen molar-refractivity contribution in [3.8, 4) is 0 Å². The maximum absolute atomic E-state index is 12.2. The smallest absolute Gasteiger partial charge is 0.409 e. The van der Waals surface area contributed by atoms with Crippen LogP contribution < -0.4 is 10.6 Å². The lowest BCUT2D eigenvalue weighted by atomic mass is 10.1. The quantitative estimate of drug-likeness (QED) is 0.816. The summed E-state index contributed by atoms with van der Waals surface area (Å²) in [6, 6.07) is 1.97. The van der Waals surface area contributed by atoms with Gasteiger partial charge in [-0.1, -0.05) is 6.92 Å². The van der Waals surface area contributed by atoms with Gasteiger partial charge in [-0.05, 0) is 33.1 Å². The van der Waals surface area contributed by atoms with E-state index in [0.29, 0.717) is 31.2 Å². The molecule has 1 aromatic rings. The lowest BCUT2D eigenvalue weighted by Gasteiger charge is -2.31. The SMILES string of the molecule is CCOC(=O)N1CCC(Nc2cc(C(=O)NC(C)CC)ncn2)CC1. The van der Waals surface area contributed by atoms with E-state index < -0.39 is 0 Å². The van der Waals surface area contributed by atoms with E-state index in [4.69, 9.17) is 4.74 Å². The standard InChI is InChI=1S/C17H27N5O3/c1-4-12(3)20-16(23)14-10-15(19-11-18-14)21-13-6-8-22(9-7-13)17(24)25-5-2/h10-13H,4-9H2,1-3H3,(H,20,23)(H,18,19,21). The van der Waals surface area contributed by atoms with Crippen molar-refractivity contribution in [1.82, 2.24) is 20.2 Å². The van der Waals surface area contributed by atoms with E-state index in [1.54, 1.807) is 17.9 Å². The summed E-state index contributed by atoms with van der Waals surface area (Å²) in [5.74, 6) is 0.427. The third-order valence-electron chi connectivity index (χ3n) is 4.26. The Balaban J connectivity index is 1.88. The molecule has 0 spiro atoms. The lowest BCUT2D eigenvalue weighted by molar-refractivity contribution is 0.0932. The van der Waals surface area contributed by atoms with Crippen molar-refractivity contribution < 1.29 is 14.3 Å². The predicted molar refractivity (Wildman–Crippen MR) is 94.5 cm³/mol. The van der Waals surface area contributed by atoms with Crippen molar-refractivity contribution in [3.63, 3.8) is 0 Å². The van der Waals surface area contributed by atoms with Crippen LogP contribution in [-0.2, 0) is 4.74 Å². The average Bonchev–Trinajstić information content (AvgIpc) is 2.62. The van der Waals surface area contributed by atoms with Gasteiger partial charge in [-0.15, -0.1) is 0 Å². The summed E-state index contributed by atoms with van der Waals surface area (Å²) in [7, 11) is 0. The van der Waals surface area contributed by atoms with Gasteiger partial charge in [0.2, 0.25) is 0 Å². The molecule has 1 atom stereocenters. The molecule has 2 N–H and O–H groups in total.